The van der Waals surface area contributed by atoms with Crippen molar-refractivity contribution in [3.05, 3.63) is 35.9 Å². The number of nitrogens with two attached hydrogens (primary N) is 1. The Balaban J connectivity index is 1.84. The predicted octanol–water partition coefficient (Wildman–Crippen LogP) is 3.24. The Morgan fingerprint density at radius 2 is 1.84 bits per heavy atom. The average molecular weight is 260 g/mol. The molecule has 2 heteroatoms. The van der Waals surface area contributed by atoms with Crippen molar-refractivity contribution < 1.29 is 0 Å². The molecule has 1 aliphatic rings. The van der Waals surface area contributed by atoms with Crippen LogP contribution in [0.1, 0.15) is 43.6 Å². The van der Waals surface area contributed by atoms with E-state index in [0.29, 0.717) is 5.92 Å². The summed E-state index contributed by atoms with van der Waals surface area (Å²) in [7, 11) is 2.25. The second-order valence-electron chi connectivity index (χ2n) is 6.07. The smallest absolute Gasteiger partial charge is 0.00887 e. The molecule has 0 heterocycles. The zero-order valence-corrected chi connectivity index (χ0v) is 12.2. The van der Waals surface area contributed by atoms with Gasteiger partial charge < -0.3 is 10.6 Å². The quantitative estimate of drug-likeness (QED) is 0.851. The number of benzene rings is 1. The molecule has 1 aromatic carbocycles. The topological polar surface area (TPSA) is 29.3 Å². The summed E-state index contributed by atoms with van der Waals surface area (Å²) in [6, 6.07) is 10.7. The first-order chi connectivity index (χ1) is 9.29. The van der Waals surface area contributed by atoms with E-state index in [4.69, 9.17) is 5.73 Å². The Hall–Kier alpha value is -0.860. The third-order valence-corrected chi connectivity index (χ3v) is 4.38. The molecule has 0 aromatic heterocycles. The molecule has 2 N–H and O–H groups in total. The van der Waals surface area contributed by atoms with E-state index in [1.165, 1.54) is 44.2 Å². The summed E-state index contributed by atoms with van der Waals surface area (Å²) in [6.07, 6.45) is 7.14. The molecule has 0 saturated heterocycles. The van der Waals surface area contributed by atoms with Gasteiger partial charge in [0, 0.05) is 25.6 Å². The lowest BCUT2D eigenvalue weighted by atomic mass is 9.88. The molecule has 0 aliphatic heterocycles. The van der Waals surface area contributed by atoms with E-state index in [1.54, 1.807) is 0 Å². The van der Waals surface area contributed by atoms with E-state index in [-0.39, 0.29) is 0 Å². The Morgan fingerprint density at radius 3 is 2.47 bits per heavy atom. The monoisotopic (exact) mass is 260 g/mol. The van der Waals surface area contributed by atoms with Crippen molar-refractivity contribution in [1.29, 1.82) is 0 Å². The Bertz CT molecular complexity index is 344. The fraction of sp³-hybridized carbons (Fsp3) is 0.647. The average Bonchev–Trinajstić information content (AvgIpc) is 2.47. The van der Waals surface area contributed by atoms with E-state index < -0.39 is 0 Å². The standard InChI is InChI=1S/C17H28N2/c1-19(13-15-8-4-2-5-9-15)14-17(12-18)16-10-6-3-7-11-16/h3,6-7,10-11,15,17H,2,4-5,8-9,12-14,18H2,1H3. The van der Waals surface area contributed by atoms with Crippen molar-refractivity contribution in [1.82, 2.24) is 4.90 Å². The van der Waals surface area contributed by atoms with E-state index in [9.17, 15) is 0 Å². The van der Waals surface area contributed by atoms with Gasteiger partial charge in [0.1, 0.15) is 0 Å². The van der Waals surface area contributed by atoms with Crippen LogP contribution in [0.2, 0.25) is 0 Å². The fourth-order valence-corrected chi connectivity index (χ4v) is 3.30. The minimum Gasteiger partial charge on any atom is -0.330 e. The van der Waals surface area contributed by atoms with Crippen LogP contribution in [-0.4, -0.2) is 31.6 Å². The molecule has 1 fully saturated rings. The van der Waals surface area contributed by atoms with Crippen LogP contribution in [-0.2, 0) is 0 Å². The summed E-state index contributed by atoms with van der Waals surface area (Å²) in [5, 5.41) is 0. The molecule has 2 nitrogen and oxygen atoms in total. The van der Waals surface area contributed by atoms with Gasteiger partial charge in [0.15, 0.2) is 0 Å². The summed E-state index contributed by atoms with van der Waals surface area (Å²) < 4.78 is 0. The summed E-state index contributed by atoms with van der Waals surface area (Å²) in [5.74, 6) is 1.38. The van der Waals surface area contributed by atoms with Crippen molar-refractivity contribution >= 4 is 0 Å². The molecule has 1 atom stereocenters. The number of hydrogen-bond acceptors (Lipinski definition) is 2. The molecule has 1 saturated carbocycles. The van der Waals surface area contributed by atoms with Crippen molar-refractivity contribution in [3.63, 3.8) is 0 Å². The Morgan fingerprint density at radius 1 is 1.16 bits per heavy atom. The van der Waals surface area contributed by atoms with Crippen LogP contribution in [0.15, 0.2) is 30.3 Å². The van der Waals surface area contributed by atoms with Gasteiger partial charge in [0.2, 0.25) is 0 Å². The number of likely N-dealkylation sites (N-methyl/N-ethyl adjacent to an activating group) is 1. The summed E-state index contributed by atoms with van der Waals surface area (Å²) >= 11 is 0. The third kappa shape index (κ3) is 4.63. The van der Waals surface area contributed by atoms with Crippen LogP contribution >= 0.6 is 0 Å². The van der Waals surface area contributed by atoms with Gasteiger partial charge in [-0.1, -0.05) is 49.6 Å². The zero-order chi connectivity index (χ0) is 13.5. The van der Waals surface area contributed by atoms with Crippen LogP contribution < -0.4 is 5.73 Å². The van der Waals surface area contributed by atoms with Crippen LogP contribution in [0.4, 0.5) is 0 Å². The summed E-state index contributed by atoms with van der Waals surface area (Å²) in [6.45, 7) is 3.05. The van der Waals surface area contributed by atoms with Crippen molar-refractivity contribution in [2.75, 3.05) is 26.7 Å². The highest BCUT2D eigenvalue weighted by Crippen LogP contribution is 2.25. The first kappa shape index (κ1) is 14.5. The third-order valence-electron chi connectivity index (χ3n) is 4.38. The normalized spacial score (nSPS) is 18.7. The van der Waals surface area contributed by atoms with Gasteiger partial charge in [-0.25, -0.2) is 0 Å². The molecule has 0 radical (unpaired) electrons. The lowest BCUT2D eigenvalue weighted by Crippen LogP contribution is -2.33. The van der Waals surface area contributed by atoms with Gasteiger partial charge in [0.05, 0.1) is 0 Å². The van der Waals surface area contributed by atoms with Crippen molar-refractivity contribution in [2.45, 2.75) is 38.0 Å². The van der Waals surface area contributed by atoms with Crippen LogP contribution in [0.3, 0.4) is 0 Å². The first-order valence-corrected chi connectivity index (χ1v) is 7.73. The number of hydrogen-bond donors (Lipinski definition) is 1. The van der Waals surface area contributed by atoms with Gasteiger partial charge in [-0.2, -0.15) is 0 Å². The molecule has 0 bridgehead atoms. The molecule has 2 rings (SSSR count). The lowest BCUT2D eigenvalue weighted by Gasteiger charge is -2.29. The van der Waals surface area contributed by atoms with Crippen LogP contribution in [0.25, 0.3) is 0 Å². The second kappa shape index (κ2) is 7.66. The minimum absolute atomic E-state index is 0.467. The highest BCUT2D eigenvalue weighted by molar-refractivity contribution is 5.20. The largest absolute Gasteiger partial charge is 0.330 e. The van der Waals surface area contributed by atoms with Crippen molar-refractivity contribution in [2.24, 2.45) is 11.7 Å². The maximum atomic E-state index is 5.96. The maximum absolute atomic E-state index is 5.96. The van der Waals surface area contributed by atoms with E-state index >= 15 is 0 Å². The van der Waals surface area contributed by atoms with E-state index in [0.717, 1.165) is 19.0 Å². The van der Waals surface area contributed by atoms with E-state index in [1.807, 2.05) is 0 Å². The molecule has 0 amide bonds. The Labute approximate surface area is 118 Å². The van der Waals surface area contributed by atoms with Gasteiger partial charge in [0.25, 0.3) is 0 Å². The molecular weight excluding hydrogens is 232 g/mol. The molecule has 1 unspecified atom stereocenters. The lowest BCUT2D eigenvalue weighted by molar-refractivity contribution is 0.224. The fourth-order valence-electron chi connectivity index (χ4n) is 3.30. The van der Waals surface area contributed by atoms with Gasteiger partial charge in [-0.05, 0) is 31.4 Å². The van der Waals surface area contributed by atoms with Gasteiger partial charge in [-0.3, -0.25) is 0 Å². The highest BCUT2D eigenvalue weighted by atomic mass is 15.1. The zero-order valence-electron chi connectivity index (χ0n) is 12.2. The Kier molecular flexibility index (Phi) is 5.87. The predicted molar refractivity (Wildman–Crippen MR) is 82.3 cm³/mol. The van der Waals surface area contributed by atoms with Crippen LogP contribution in [0, 0.1) is 5.92 Å². The van der Waals surface area contributed by atoms with Crippen LogP contribution in [0.5, 0.6) is 0 Å². The highest BCUT2D eigenvalue weighted by Gasteiger charge is 2.18. The van der Waals surface area contributed by atoms with E-state index in [2.05, 4.69) is 42.3 Å². The minimum atomic E-state index is 0.467. The molecule has 1 aromatic rings. The van der Waals surface area contributed by atoms with Crippen molar-refractivity contribution in [3.8, 4) is 0 Å². The number of nitrogens with zero attached hydrogens (tertiary/aromatic N) is 1. The van der Waals surface area contributed by atoms with Gasteiger partial charge in [-0.15, -0.1) is 0 Å². The summed E-state index contributed by atoms with van der Waals surface area (Å²) in [4.78, 5) is 2.49. The first-order valence-electron chi connectivity index (χ1n) is 7.73. The molecule has 0 spiro atoms. The summed E-state index contributed by atoms with van der Waals surface area (Å²) in [5.41, 5.74) is 7.34. The molecule has 19 heavy (non-hydrogen) atoms. The van der Waals surface area contributed by atoms with Gasteiger partial charge >= 0.3 is 0 Å². The maximum Gasteiger partial charge on any atom is 0.00887 e. The molecular formula is C17H28N2. The number of rotatable bonds is 6. The molecule has 1 aliphatic carbocycles. The SMILES string of the molecule is CN(CC1CCCCC1)CC(CN)c1ccccc1. The second-order valence-corrected chi connectivity index (χ2v) is 6.07. The molecule has 106 valence electrons.